The second-order valence-corrected chi connectivity index (χ2v) is 12.6. The quantitative estimate of drug-likeness (QED) is 0.439. The number of rotatable bonds is 2. The molecule has 4 heterocycles. The third-order valence-corrected chi connectivity index (χ3v) is 6.71. The number of anilines is 1. The Labute approximate surface area is 251 Å². The maximum Gasteiger partial charge on any atom is 0.573 e. The fraction of sp³-hybridized carbons (Fsp3) is 0.586. The lowest BCUT2D eigenvalue weighted by Crippen LogP contribution is -2.38. The minimum Gasteiger partial charge on any atom is -0.444 e. The molecule has 0 radical (unpaired) electrons. The summed E-state index contributed by atoms with van der Waals surface area (Å²) in [6.07, 6.45) is -5.22. The van der Waals surface area contributed by atoms with Gasteiger partial charge in [-0.25, -0.2) is 9.59 Å². The van der Waals surface area contributed by atoms with Gasteiger partial charge in [-0.05, 0) is 88.1 Å². The molecule has 0 saturated carbocycles. The molecule has 0 saturated heterocycles. The molecule has 0 atom stereocenters. The van der Waals surface area contributed by atoms with E-state index in [-0.39, 0.29) is 30.3 Å². The molecule has 1 aromatic carbocycles. The van der Waals surface area contributed by atoms with Gasteiger partial charge in [0.1, 0.15) is 17.0 Å². The fourth-order valence-electron chi connectivity index (χ4n) is 5.00. The summed E-state index contributed by atoms with van der Waals surface area (Å²) in [6, 6.07) is 5.82. The Balaban J connectivity index is 0.000000258. The molecular weight excluding hydrogens is 577 g/mol. The minimum atomic E-state index is -4.69. The van der Waals surface area contributed by atoms with Crippen molar-refractivity contribution >= 4 is 30.3 Å². The molecule has 1 aromatic rings. The van der Waals surface area contributed by atoms with Gasteiger partial charge >= 0.3 is 18.5 Å². The zero-order chi connectivity index (χ0) is 30.2. The van der Waals surface area contributed by atoms with Gasteiger partial charge in [-0.15, -0.1) is 25.6 Å². The summed E-state index contributed by atoms with van der Waals surface area (Å²) < 4.78 is 51.3. The number of alkyl halides is 3. The topological polar surface area (TPSA) is 83.6 Å². The Morgan fingerprint density at radius 3 is 1.48 bits per heavy atom. The summed E-state index contributed by atoms with van der Waals surface area (Å²) in [5, 5.41) is 3.28. The van der Waals surface area contributed by atoms with Crippen LogP contribution in [0.1, 0.15) is 41.5 Å². The molecular formula is C29H40ClF3N4O5. The van der Waals surface area contributed by atoms with Gasteiger partial charge in [-0.2, -0.15) is 0 Å². The first-order valence-electron chi connectivity index (χ1n) is 13.6. The van der Waals surface area contributed by atoms with Crippen LogP contribution in [0.25, 0.3) is 0 Å². The monoisotopic (exact) mass is 616 g/mol. The number of ether oxygens (including phenoxy) is 3. The van der Waals surface area contributed by atoms with E-state index < -0.39 is 17.6 Å². The summed E-state index contributed by atoms with van der Waals surface area (Å²) in [5.41, 5.74) is 4.93. The average molecular weight is 617 g/mol. The van der Waals surface area contributed by atoms with E-state index in [1.165, 1.54) is 23.3 Å². The van der Waals surface area contributed by atoms with E-state index in [1.54, 1.807) is 21.9 Å². The highest BCUT2D eigenvalue weighted by molar-refractivity contribution is 5.85. The molecule has 5 rings (SSSR count). The average Bonchev–Trinajstić information content (AvgIpc) is 3.56. The zero-order valence-electron chi connectivity index (χ0n) is 24.9. The Morgan fingerprint density at radius 1 is 0.690 bits per heavy atom. The number of benzene rings is 1. The van der Waals surface area contributed by atoms with Crippen LogP contribution in [0.3, 0.4) is 0 Å². The molecule has 234 valence electrons. The van der Waals surface area contributed by atoms with E-state index in [0.717, 1.165) is 43.0 Å². The lowest BCUT2D eigenvalue weighted by Gasteiger charge is -2.27. The second kappa shape index (κ2) is 12.6. The van der Waals surface area contributed by atoms with Gasteiger partial charge in [0.05, 0.1) is 0 Å². The third kappa shape index (κ3) is 9.19. The van der Waals surface area contributed by atoms with Gasteiger partial charge in [0.15, 0.2) is 0 Å². The van der Waals surface area contributed by atoms with Crippen LogP contribution in [-0.4, -0.2) is 91.9 Å². The smallest absolute Gasteiger partial charge is 0.444 e. The summed E-state index contributed by atoms with van der Waals surface area (Å²) in [7, 11) is 0. The van der Waals surface area contributed by atoms with E-state index in [2.05, 4.69) is 15.0 Å². The van der Waals surface area contributed by atoms with Gasteiger partial charge in [-0.1, -0.05) is 0 Å². The first kappa shape index (κ1) is 33.4. The Kier molecular flexibility index (Phi) is 10.0. The van der Waals surface area contributed by atoms with E-state index in [1.807, 2.05) is 41.5 Å². The molecule has 0 spiro atoms. The molecule has 0 bridgehead atoms. The van der Waals surface area contributed by atoms with Gasteiger partial charge in [-0.3, -0.25) is 0 Å². The number of amides is 2. The molecule has 4 aliphatic heterocycles. The highest BCUT2D eigenvalue weighted by Gasteiger charge is 2.35. The van der Waals surface area contributed by atoms with Crippen molar-refractivity contribution in [3.05, 3.63) is 46.6 Å². The third-order valence-electron chi connectivity index (χ3n) is 6.71. The van der Waals surface area contributed by atoms with E-state index in [0.29, 0.717) is 26.2 Å². The lowest BCUT2D eigenvalue weighted by atomic mass is 10.2. The van der Waals surface area contributed by atoms with Crippen LogP contribution in [0.15, 0.2) is 46.6 Å². The predicted molar refractivity (Wildman–Crippen MR) is 155 cm³/mol. The fourth-order valence-corrected chi connectivity index (χ4v) is 5.00. The first-order valence-corrected chi connectivity index (χ1v) is 13.6. The number of hydrogen-bond donors (Lipinski definition) is 1. The lowest BCUT2D eigenvalue weighted by molar-refractivity contribution is -0.274. The summed E-state index contributed by atoms with van der Waals surface area (Å²) in [5.74, 6) is -0.239. The molecule has 0 aromatic heterocycles. The Hall–Kier alpha value is -3.12. The van der Waals surface area contributed by atoms with Gasteiger partial charge in [0, 0.05) is 58.0 Å². The van der Waals surface area contributed by atoms with Crippen molar-refractivity contribution < 1.29 is 37.0 Å². The normalized spacial score (nSPS) is 18.4. The molecule has 0 unspecified atom stereocenters. The van der Waals surface area contributed by atoms with Crippen LogP contribution < -0.4 is 15.0 Å². The standard InChI is InChI=1S/C18H21F3N2O3.C11H18N2O2.ClH/c1-17(2,3)26-16(24)23-10-12-8-22(9-13(12)11-23)14-4-6-15(7-5-14)25-18(19,20)21;1-11(2,3)15-10(14)13-6-8-4-12-5-9(8)7-13;/h4-7H,8-11H2,1-3H3;12H,4-7H2,1-3H3;1H. The minimum absolute atomic E-state index is 0. The van der Waals surface area contributed by atoms with E-state index in [4.69, 9.17) is 9.47 Å². The summed E-state index contributed by atoms with van der Waals surface area (Å²) in [6.45, 7) is 16.8. The highest BCUT2D eigenvalue weighted by atomic mass is 35.5. The van der Waals surface area contributed by atoms with Crippen LogP contribution in [0.2, 0.25) is 0 Å². The summed E-state index contributed by atoms with van der Waals surface area (Å²) >= 11 is 0. The van der Waals surface area contributed by atoms with E-state index >= 15 is 0 Å². The van der Waals surface area contributed by atoms with Crippen LogP contribution in [0.5, 0.6) is 5.75 Å². The molecule has 2 amide bonds. The largest absolute Gasteiger partial charge is 0.573 e. The maximum absolute atomic E-state index is 12.2. The number of carbonyl (C=O) groups excluding carboxylic acids is 2. The Bertz CT molecular complexity index is 1190. The Morgan fingerprint density at radius 2 is 1.10 bits per heavy atom. The van der Waals surface area contributed by atoms with Crippen molar-refractivity contribution in [1.29, 1.82) is 0 Å². The molecule has 0 fully saturated rings. The summed E-state index contributed by atoms with van der Waals surface area (Å²) in [4.78, 5) is 29.4. The van der Waals surface area contributed by atoms with Crippen molar-refractivity contribution in [3.8, 4) is 5.75 Å². The van der Waals surface area contributed by atoms with Crippen molar-refractivity contribution in [3.63, 3.8) is 0 Å². The molecule has 13 heteroatoms. The maximum atomic E-state index is 12.2. The molecule has 4 aliphatic rings. The number of halogens is 4. The van der Waals surface area contributed by atoms with Gasteiger partial charge in [0.25, 0.3) is 0 Å². The zero-order valence-corrected chi connectivity index (χ0v) is 25.7. The second-order valence-electron chi connectivity index (χ2n) is 12.6. The molecule has 42 heavy (non-hydrogen) atoms. The first-order chi connectivity index (χ1) is 19.0. The van der Waals surface area contributed by atoms with Crippen molar-refractivity contribution in [1.82, 2.24) is 15.1 Å². The number of hydrogen-bond acceptors (Lipinski definition) is 7. The molecule has 1 N–H and O–H groups in total. The number of nitrogens with one attached hydrogen (secondary N) is 1. The van der Waals surface area contributed by atoms with Crippen molar-refractivity contribution in [2.75, 3.05) is 57.3 Å². The van der Waals surface area contributed by atoms with Crippen LogP contribution in [0.4, 0.5) is 28.4 Å². The van der Waals surface area contributed by atoms with Gasteiger partial charge in [0.2, 0.25) is 0 Å². The van der Waals surface area contributed by atoms with Gasteiger partial charge < -0.3 is 34.2 Å². The highest BCUT2D eigenvalue weighted by Crippen LogP contribution is 2.32. The molecule has 0 aliphatic carbocycles. The van der Waals surface area contributed by atoms with Crippen LogP contribution >= 0.6 is 12.4 Å². The number of nitrogens with zero attached hydrogens (tertiary/aromatic N) is 3. The van der Waals surface area contributed by atoms with Crippen LogP contribution in [-0.2, 0) is 9.47 Å². The number of carbonyl (C=O) groups is 2. The predicted octanol–water partition coefficient (Wildman–Crippen LogP) is 5.51. The van der Waals surface area contributed by atoms with Crippen molar-refractivity contribution in [2.45, 2.75) is 59.1 Å². The van der Waals surface area contributed by atoms with Crippen LogP contribution in [0, 0.1) is 0 Å². The van der Waals surface area contributed by atoms with E-state index in [9.17, 15) is 22.8 Å². The molecule has 9 nitrogen and oxygen atoms in total. The SMILES string of the molecule is CC(C)(C)OC(=O)N1CC2=C(C1)CN(c1ccc(OC(F)(F)F)cc1)C2.CC(C)(C)OC(=O)N1CC2=C(CNC2)C1.Cl. The van der Waals surface area contributed by atoms with Crippen molar-refractivity contribution in [2.24, 2.45) is 0 Å².